The lowest BCUT2D eigenvalue weighted by atomic mass is 10.2. The number of nitrogens with one attached hydrogen (secondary N) is 2. The molecule has 3 rings (SSSR count). The predicted molar refractivity (Wildman–Crippen MR) is 120 cm³/mol. The highest BCUT2D eigenvalue weighted by molar-refractivity contribution is 7.99. The molecule has 0 unspecified atom stereocenters. The second-order valence-corrected chi connectivity index (χ2v) is 7.88. The van der Waals surface area contributed by atoms with E-state index < -0.39 is 0 Å². The van der Waals surface area contributed by atoms with Crippen molar-refractivity contribution < 1.29 is 9.59 Å². The summed E-state index contributed by atoms with van der Waals surface area (Å²) in [5.41, 5.74) is 3.77. The van der Waals surface area contributed by atoms with E-state index in [9.17, 15) is 9.59 Å². The summed E-state index contributed by atoms with van der Waals surface area (Å²) in [6.45, 7) is 6.57. The van der Waals surface area contributed by atoms with E-state index in [1.165, 1.54) is 11.8 Å². The molecule has 0 radical (unpaired) electrons. The van der Waals surface area contributed by atoms with E-state index in [2.05, 4.69) is 20.8 Å². The molecule has 2 N–H and O–H groups in total. The Bertz CT molecular complexity index is 1010. The molecular weight excluding hydrogens is 398 g/mol. The molecule has 0 saturated heterocycles. The average molecular weight is 424 g/mol. The summed E-state index contributed by atoms with van der Waals surface area (Å²) in [4.78, 5) is 24.6. The maximum absolute atomic E-state index is 12.4. The largest absolute Gasteiger partial charge is 0.326 e. The number of thioether (sulfide) groups is 1. The van der Waals surface area contributed by atoms with Crippen molar-refractivity contribution in [2.24, 2.45) is 0 Å². The van der Waals surface area contributed by atoms with Gasteiger partial charge in [-0.15, -0.1) is 10.2 Å². The van der Waals surface area contributed by atoms with Crippen LogP contribution < -0.4 is 10.6 Å². The van der Waals surface area contributed by atoms with Gasteiger partial charge in [0.05, 0.1) is 12.2 Å². The number of aromatic nitrogens is 3. The molecule has 2 amide bonds. The number of benzene rings is 2. The Morgan fingerprint density at radius 1 is 0.867 bits per heavy atom. The van der Waals surface area contributed by atoms with E-state index >= 15 is 0 Å². The first-order valence-corrected chi connectivity index (χ1v) is 10.7. The van der Waals surface area contributed by atoms with Gasteiger partial charge < -0.3 is 15.2 Å². The van der Waals surface area contributed by atoms with Crippen LogP contribution in [-0.2, 0) is 22.6 Å². The molecule has 0 aliphatic carbocycles. The standard InChI is InChI=1S/C22H25N5O2S/c1-4-27-19(13-20(28)23-17-9-5-15(2)6-10-17)25-26-22(27)30-14-21(29)24-18-11-7-16(3)8-12-18/h5-12H,4,13-14H2,1-3H3,(H,23,28)(H,24,29). The van der Waals surface area contributed by atoms with Crippen LogP contribution in [0.2, 0.25) is 0 Å². The van der Waals surface area contributed by atoms with Crippen LogP contribution in [-0.4, -0.2) is 32.3 Å². The molecule has 7 nitrogen and oxygen atoms in total. The summed E-state index contributed by atoms with van der Waals surface area (Å²) in [7, 11) is 0. The molecule has 0 atom stereocenters. The summed E-state index contributed by atoms with van der Waals surface area (Å²) < 4.78 is 1.86. The van der Waals surface area contributed by atoms with Crippen molar-refractivity contribution in [1.82, 2.24) is 14.8 Å². The molecule has 1 heterocycles. The maximum Gasteiger partial charge on any atom is 0.234 e. The Balaban J connectivity index is 1.56. The minimum absolute atomic E-state index is 0.116. The molecule has 0 fully saturated rings. The van der Waals surface area contributed by atoms with Crippen molar-refractivity contribution in [2.75, 3.05) is 16.4 Å². The van der Waals surface area contributed by atoms with Gasteiger partial charge in [-0.3, -0.25) is 9.59 Å². The minimum Gasteiger partial charge on any atom is -0.326 e. The van der Waals surface area contributed by atoms with Gasteiger partial charge in [0.15, 0.2) is 5.16 Å². The number of carbonyl (C=O) groups is 2. The highest BCUT2D eigenvalue weighted by Gasteiger charge is 2.16. The van der Waals surface area contributed by atoms with E-state index in [0.29, 0.717) is 17.5 Å². The number of rotatable bonds is 8. The number of nitrogens with zero attached hydrogens (tertiary/aromatic N) is 3. The average Bonchev–Trinajstić information content (AvgIpc) is 3.11. The quantitative estimate of drug-likeness (QED) is 0.538. The zero-order chi connectivity index (χ0) is 21.5. The van der Waals surface area contributed by atoms with Crippen LogP contribution in [0.25, 0.3) is 0 Å². The summed E-state index contributed by atoms with van der Waals surface area (Å²) in [6, 6.07) is 15.3. The van der Waals surface area contributed by atoms with Gasteiger partial charge in [0.25, 0.3) is 0 Å². The third-order valence-corrected chi connectivity index (χ3v) is 5.40. The van der Waals surface area contributed by atoms with Crippen molar-refractivity contribution in [1.29, 1.82) is 0 Å². The fourth-order valence-corrected chi connectivity index (χ4v) is 3.65. The van der Waals surface area contributed by atoms with E-state index in [-0.39, 0.29) is 24.0 Å². The Kier molecular flexibility index (Phi) is 7.24. The first-order valence-electron chi connectivity index (χ1n) is 9.72. The van der Waals surface area contributed by atoms with E-state index in [4.69, 9.17) is 0 Å². The van der Waals surface area contributed by atoms with E-state index in [0.717, 1.165) is 22.5 Å². The fourth-order valence-electron chi connectivity index (χ4n) is 2.82. The molecule has 8 heteroatoms. The number of aryl methyl sites for hydroxylation is 2. The Labute approximate surface area is 180 Å². The molecule has 1 aromatic heterocycles. The summed E-state index contributed by atoms with van der Waals surface area (Å²) >= 11 is 1.30. The molecule has 2 aromatic carbocycles. The highest BCUT2D eigenvalue weighted by Crippen LogP contribution is 2.19. The Hall–Kier alpha value is -3.13. The molecule has 0 bridgehead atoms. The van der Waals surface area contributed by atoms with Crippen LogP contribution in [0.15, 0.2) is 53.7 Å². The third kappa shape index (κ3) is 5.93. The normalized spacial score (nSPS) is 10.6. The van der Waals surface area contributed by atoms with Gasteiger partial charge in [-0.05, 0) is 45.0 Å². The van der Waals surface area contributed by atoms with Gasteiger partial charge in [0, 0.05) is 17.9 Å². The van der Waals surface area contributed by atoms with Crippen LogP contribution in [0.5, 0.6) is 0 Å². The third-order valence-electron chi connectivity index (χ3n) is 4.43. The fraction of sp³-hybridized carbons (Fsp3) is 0.273. The van der Waals surface area contributed by atoms with Gasteiger partial charge >= 0.3 is 0 Å². The number of hydrogen-bond donors (Lipinski definition) is 2. The van der Waals surface area contributed by atoms with Gasteiger partial charge in [-0.1, -0.05) is 47.2 Å². The summed E-state index contributed by atoms with van der Waals surface area (Å²) in [5, 5.41) is 14.7. The Morgan fingerprint density at radius 3 is 1.93 bits per heavy atom. The van der Waals surface area contributed by atoms with Crippen molar-refractivity contribution >= 4 is 35.0 Å². The SMILES string of the molecule is CCn1c(CC(=O)Nc2ccc(C)cc2)nnc1SCC(=O)Nc1ccc(C)cc1. The zero-order valence-corrected chi connectivity index (χ0v) is 18.1. The molecule has 0 aliphatic heterocycles. The van der Waals surface area contributed by atoms with Crippen molar-refractivity contribution in [3.05, 3.63) is 65.5 Å². The second kappa shape index (κ2) is 10.1. The lowest BCUT2D eigenvalue weighted by molar-refractivity contribution is -0.116. The maximum atomic E-state index is 12.4. The molecule has 156 valence electrons. The van der Waals surface area contributed by atoms with Crippen molar-refractivity contribution in [3.8, 4) is 0 Å². The van der Waals surface area contributed by atoms with Gasteiger partial charge in [0.1, 0.15) is 5.82 Å². The molecule has 0 aliphatic rings. The van der Waals surface area contributed by atoms with Crippen LogP contribution in [0.1, 0.15) is 23.9 Å². The molecule has 30 heavy (non-hydrogen) atoms. The van der Waals surface area contributed by atoms with Crippen LogP contribution in [0, 0.1) is 13.8 Å². The van der Waals surface area contributed by atoms with E-state index in [1.54, 1.807) is 0 Å². The topological polar surface area (TPSA) is 88.9 Å². The lowest BCUT2D eigenvalue weighted by Crippen LogP contribution is -2.18. The molecular formula is C22H25N5O2S. The highest BCUT2D eigenvalue weighted by atomic mass is 32.2. The van der Waals surface area contributed by atoms with Gasteiger partial charge in [-0.25, -0.2) is 0 Å². The van der Waals surface area contributed by atoms with E-state index in [1.807, 2.05) is 73.9 Å². The van der Waals surface area contributed by atoms with Crippen LogP contribution in [0.3, 0.4) is 0 Å². The lowest BCUT2D eigenvalue weighted by Gasteiger charge is -2.09. The minimum atomic E-state index is -0.158. The summed E-state index contributed by atoms with van der Waals surface area (Å²) in [5.74, 6) is 0.507. The van der Waals surface area contributed by atoms with Crippen LogP contribution >= 0.6 is 11.8 Å². The van der Waals surface area contributed by atoms with Crippen molar-refractivity contribution in [3.63, 3.8) is 0 Å². The molecule has 3 aromatic rings. The van der Waals surface area contributed by atoms with Crippen LogP contribution in [0.4, 0.5) is 11.4 Å². The summed E-state index contributed by atoms with van der Waals surface area (Å²) in [6.07, 6.45) is 0.116. The zero-order valence-electron chi connectivity index (χ0n) is 17.3. The van der Waals surface area contributed by atoms with Gasteiger partial charge in [0.2, 0.25) is 11.8 Å². The monoisotopic (exact) mass is 423 g/mol. The Morgan fingerprint density at radius 2 is 1.40 bits per heavy atom. The van der Waals surface area contributed by atoms with Crippen molar-refractivity contribution in [2.45, 2.75) is 38.9 Å². The number of amides is 2. The number of anilines is 2. The predicted octanol–water partition coefficient (Wildman–Crippen LogP) is 3.83. The molecule has 0 spiro atoms. The first kappa shape index (κ1) is 21.6. The second-order valence-electron chi connectivity index (χ2n) is 6.94. The first-order chi connectivity index (χ1) is 14.4. The number of carbonyl (C=O) groups excluding carboxylic acids is 2. The van der Waals surface area contributed by atoms with Gasteiger partial charge in [-0.2, -0.15) is 0 Å². The molecule has 0 saturated carbocycles. The number of hydrogen-bond acceptors (Lipinski definition) is 5. The smallest absolute Gasteiger partial charge is 0.234 e.